The Kier molecular flexibility index (Phi) is 3.79. The van der Waals surface area contributed by atoms with Gasteiger partial charge >= 0.3 is 0 Å². The monoisotopic (exact) mass is 216 g/mol. The number of halogens is 2. The molecule has 0 aromatic heterocycles. The van der Waals surface area contributed by atoms with Crippen LogP contribution in [0.5, 0.6) is 0 Å². The lowest BCUT2D eigenvalue weighted by molar-refractivity contribution is 0.228. The van der Waals surface area contributed by atoms with Crippen LogP contribution in [0.4, 0.5) is 0 Å². The molecule has 1 aromatic rings. The molecule has 0 aliphatic heterocycles. The predicted octanol–water partition coefficient (Wildman–Crippen LogP) is 3.60. The van der Waals surface area contributed by atoms with Crippen molar-refractivity contribution in [2.45, 2.75) is 13.0 Å². The summed E-state index contributed by atoms with van der Waals surface area (Å²) in [4.78, 5) is 0. The van der Waals surface area contributed by atoms with Gasteiger partial charge in [0.2, 0.25) is 0 Å². The fourth-order valence-corrected chi connectivity index (χ4v) is 1.58. The third kappa shape index (κ3) is 3.03. The van der Waals surface area contributed by atoms with Gasteiger partial charge in [0.15, 0.2) is 0 Å². The van der Waals surface area contributed by atoms with E-state index in [-0.39, 0.29) is 0 Å². The van der Waals surface area contributed by atoms with E-state index < -0.39 is 6.10 Å². The minimum absolute atomic E-state index is 0.533. The lowest BCUT2D eigenvalue weighted by atomic mass is 10.1. The van der Waals surface area contributed by atoms with Gasteiger partial charge in [0.05, 0.1) is 6.10 Å². The summed E-state index contributed by atoms with van der Waals surface area (Å²) in [6, 6.07) is 5.02. The predicted molar refractivity (Wildman–Crippen MR) is 56.2 cm³/mol. The van der Waals surface area contributed by atoms with E-state index in [1.54, 1.807) is 30.4 Å². The highest BCUT2D eigenvalue weighted by atomic mass is 35.5. The highest BCUT2D eigenvalue weighted by molar-refractivity contribution is 6.34. The van der Waals surface area contributed by atoms with E-state index in [4.69, 9.17) is 23.2 Å². The summed E-state index contributed by atoms with van der Waals surface area (Å²) in [7, 11) is 0. The summed E-state index contributed by atoms with van der Waals surface area (Å²) in [6.07, 6.45) is 2.81. The number of aliphatic hydroxyl groups excluding tert-OH is 1. The first-order valence-electron chi connectivity index (χ1n) is 3.90. The van der Waals surface area contributed by atoms with Crippen LogP contribution in [0.15, 0.2) is 30.4 Å². The minimum atomic E-state index is -0.638. The van der Waals surface area contributed by atoms with E-state index >= 15 is 0 Å². The Labute approximate surface area is 87.6 Å². The normalized spacial score (nSPS) is 13.5. The van der Waals surface area contributed by atoms with Gasteiger partial charge in [-0.25, -0.2) is 0 Å². The second kappa shape index (κ2) is 4.66. The first-order chi connectivity index (χ1) is 6.13. The van der Waals surface area contributed by atoms with E-state index in [1.165, 1.54) is 0 Å². The lowest BCUT2D eigenvalue weighted by Crippen LogP contribution is -1.92. The van der Waals surface area contributed by atoms with Crippen LogP contribution in [0.1, 0.15) is 18.6 Å². The summed E-state index contributed by atoms with van der Waals surface area (Å²) in [5.41, 5.74) is 0.704. The molecular weight excluding hydrogens is 207 g/mol. The maximum Gasteiger partial charge on any atom is 0.0972 e. The molecule has 0 spiro atoms. The number of allylic oxidation sites excluding steroid dienone is 1. The van der Waals surface area contributed by atoms with Gasteiger partial charge in [0, 0.05) is 10.0 Å². The van der Waals surface area contributed by atoms with Gasteiger partial charge in [-0.05, 0) is 30.7 Å². The molecule has 0 saturated carbocycles. The van der Waals surface area contributed by atoms with Crippen molar-refractivity contribution in [3.63, 3.8) is 0 Å². The summed E-state index contributed by atoms with van der Waals surface area (Å²) in [5, 5.41) is 10.6. The molecule has 1 unspecified atom stereocenters. The van der Waals surface area contributed by atoms with Crippen LogP contribution < -0.4 is 0 Å². The Bertz CT molecular complexity index is 300. The van der Waals surface area contributed by atoms with Gasteiger partial charge in [-0.1, -0.05) is 35.4 Å². The maximum atomic E-state index is 9.57. The molecule has 0 aliphatic carbocycles. The fraction of sp³-hybridized carbons (Fsp3) is 0.200. The van der Waals surface area contributed by atoms with Crippen LogP contribution in [-0.4, -0.2) is 5.11 Å². The van der Waals surface area contributed by atoms with Crippen molar-refractivity contribution in [3.8, 4) is 0 Å². The second-order valence-corrected chi connectivity index (χ2v) is 3.55. The van der Waals surface area contributed by atoms with E-state index in [1.807, 2.05) is 6.92 Å². The highest BCUT2D eigenvalue weighted by Gasteiger charge is 2.04. The molecule has 0 amide bonds. The minimum Gasteiger partial charge on any atom is -0.384 e. The van der Waals surface area contributed by atoms with Crippen molar-refractivity contribution in [2.75, 3.05) is 0 Å². The Morgan fingerprint density at radius 3 is 2.23 bits per heavy atom. The number of benzene rings is 1. The molecule has 0 fully saturated rings. The Morgan fingerprint density at radius 1 is 1.23 bits per heavy atom. The van der Waals surface area contributed by atoms with Gasteiger partial charge in [-0.15, -0.1) is 0 Å². The quantitative estimate of drug-likeness (QED) is 0.750. The SMILES string of the molecule is C/C=C/C(O)c1cc(Cl)cc(Cl)c1. The van der Waals surface area contributed by atoms with E-state index in [0.29, 0.717) is 15.6 Å². The van der Waals surface area contributed by atoms with Gasteiger partial charge in [0.25, 0.3) is 0 Å². The van der Waals surface area contributed by atoms with Crippen molar-refractivity contribution >= 4 is 23.2 Å². The number of hydrogen-bond acceptors (Lipinski definition) is 1. The van der Waals surface area contributed by atoms with Crippen molar-refractivity contribution < 1.29 is 5.11 Å². The van der Waals surface area contributed by atoms with Gasteiger partial charge in [0.1, 0.15) is 0 Å². The van der Waals surface area contributed by atoms with Crippen LogP contribution >= 0.6 is 23.2 Å². The molecular formula is C10H10Cl2O. The van der Waals surface area contributed by atoms with Crippen molar-refractivity contribution in [1.82, 2.24) is 0 Å². The molecule has 70 valence electrons. The third-order valence-corrected chi connectivity index (χ3v) is 2.04. The zero-order valence-corrected chi connectivity index (χ0v) is 8.68. The number of rotatable bonds is 2. The molecule has 0 saturated heterocycles. The van der Waals surface area contributed by atoms with E-state index in [0.717, 1.165) is 0 Å². The molecule has 13 heavy (non-hydrogen) atoms. The first-order valence-corrected chi connectivity index (χ1v) is 4.66. The van der Waals surface area contributed by atoms with Gasteiger partial charge < -0.3 is 5.11 Å². The highest BCUT2D eigenvalue weighted by Crippen LogP contribution is 2.23. The maximum absolute atomic E-state index is 9.57. The van der Waals surface area contributed by atoms with Gasteiger partial charge in [-0.3, -0.25) is 0 Å². The van der Waals surface area contributed by atoms with Crippen LogP contribution in [0, 0.1) is 0 Å². The average Bonchev–Trinajstić information content (AvgIpc) is 2.03. The van der Waals surface area contributed by atoms with Crippen LogP contribution in [0.25, 0.3) is 0 Å². The fourth-order valence-electron chi connectivity index (χ4n) is 1.04. The molecule has 0 heterocycles. The van der Waals surface area contributed by atoms with Gasteiger partial charge in [-0.2, -0.15) is 0 Å². The average molecular weight is 217 g/mol. The van der Waals surface area contributed by atoms with E-state index in [2.05, 4.69) is 0 Å². The molecule has 1 rings (SSSR count). The summed E-state index contributed by atoms with van der Waals surface area (Å²) >= 11 is 11.5. The molecule has 1 nitrogen and oxygen atoms in total. The Balaban J connectivity index is 3.00. The zero-order valence-electron chi connectivity index (χ0n) is 7.17. The van der Waals surface area contributed by atoms with Crippen molar-refractivity contribution in [1.29, 1.82) is 0 Å². The number of hydrogen-bond donors (Lipinski definition) is 1. The Hall–Kier alpha value is -0.500. The second-order valence-electron chi connectivity index (χ2n) is 2.67. The molecule has 1 N–H and O–H groups in total. The number of aliphatic hydroxyl groups is 1. The molecule has 0 radical (unpaired) electrons. The first kappa shape index (κ1) is 10.6. The molecule has 1 atom stereocenters. The molecule has 1 aromatic carbocycles. The van der Waals surface area contributed by atoms with Crippen molar-refractivity contribution in [3.05, 3.63) is 46.0 Å². The molecule has 0 bridgehead atoms. The standard InChI is InChI=1S/C10H10Cl2O/c1-2-3-10(13)7-4-8(11)6-9(12)5-7/h2-6,10,13H,1H3/b3-2+. The largest absolute Gasteiger partial charge is 0.384 e. The van der Waals surface area contributed by atoms with Crippen LogP contribution in [-0.2, 0) is 0 Å². The Morgan fingerprint density at radius 2 is 1.77 bits per heavy atom. The summed E-state index contributed by atoms with van der Waals surface area (Å²) in [6.45, 7) is 1.84. The molecule has 0 aliphatic rings. The molecule has 3 heteroatoms. The van der Waals surface area contributed by atoms with Crippen LogP contribution in [0.2, 0.25) is 10.0 Å². The van der Waals surface area contributed by atoms with Crippen molar-refractivity contribution in [2.24, 2.45) is 0 Å². The van der Waals surface area contributed by atoms with Crippen LogP contribution in [0.3, 0.4) is 0 Å². The van der Waals surface area contributed by atoms with E-state index in [9.17, 15) is 5.11 Å². The smallest absolute Gasteiger partial charge is 0.0972 e. The topological polar surface area (TPSA) is 20.2 Å². The third-order valence-electron chi connectivity index (χ3n) is 1.60. The lowest BCUT2D eigenvalue weighted by Gasteiger charge is -2.06. The zero-order chi connectivity index (χ0) is 9.84. The summed E-state index contributed by atoms with van der Waals surface area (Å²) in [5.74, 6) is 0. The summed E-state index contributed by atoms with van der Waals surface area (Å²) < 4.78 is 0.